The van der Waals surface area contributed by atoms with Crippen LogP contribution in [0.25, 0.3) is 32.4 Å². The number of fused-ring (bicyclic) bond motifs is 2. The zero-order valence-corrected chi connectivity index (χ0v) is 15.5. The summed E-state index contributed by atoms with van der Waals surface area (Å²) in [5.41, 5.74) is 2.97. The van der Waals surface area contributed by atoms with Crippen molar-refractivity contribution >= 4 is 38.4 Å². The van der Waals surface area contributed by atoms with E-state index in [0.717, 1.165) is 26.2 Å². The van der Waals surface area contributed by atoms with Gasteiger partial charge in [-0.2, -0.15) is 0 Å². The van der Waals surface area contributed by atoms with Gasteiger partial charge in [0.25, 0.3) is 0 Å². The average Bonchev–Trinajstić information content (AvgIpc) is 3.35. The van der Waals surface area contributed by atoms with Crippen molar-refractivity contribution in [2.75, 3.05) is 0 Å². The third kappa shape index (κ3) is 3.04. The summed E-state index contributed by atoms with van der Waals surface area (Å²) in [6, 6.07) is 22.8. The van der Waals surface area contributed by atoms with Crippen LogP contribution in [0, 0.1) is 0 Å². The second-order valence-electron chi connectivity index (χ2n) is 6.26. The lowest BCUT2D eigenvalue weighted by atomic mass is 10.1. The van der Waals surface area contributed by atoms with E-state index in [9.17, 15) is 4.79 Å². The second kappa shape index (κ2) is 6.90. The third-order valence-electron chi connectivity index (χ3n) is 4.41. The van der Waals surface area contributed by atoms with Gasteiger partial charge in [-0.3, -0.25) is 0 Å². The Balaban J connectivity index is 1.40. The van der Waals surface area contributed by atoms with Crippen molar-refractivity contribution in [3.8, 4) is 11.3 Å². The van der Waals surface area contributed by atoms with Crippen LogP contribution in [0.1, 0.15) is 15.4 Å². The van der Waals surface area contributed by atoms with Crippen molar-refractivity contribution < 1.29 is 14.1 Å². The largest absolute Gasteiger partial charge is 0.455 e. The van der Waals surface area contributed by atoms with E-state index in [1.54, 1.807) is 18.2 Å². The number of ether oxygens (including phenoxy) is 1. The number of benzene rings is 3. The van der Waals surface area contributed by atoms with Gasteiger partial charge in [-0.25, -0.2) is 9.78 Å². The first kappa shape index (κ1) is 16.6. The van der Waals surface area contributed by atoms with Crippen molar-refractivity contribution in [3.63, 3.8) is 0 Å². The summed E-state index contributed by atoms with van der Waals surface area (Å²) in [6.45, 7) is 0.144. The number of para-hydroxylation sites is 1. The molecular weight excluding hydrogens is 372 g/mol. The average molecular weight is 386 g/mol. The normalized spacial score (nSPS) is 11.1. The minimum Gasteiger partial charge on any atom is -0.455 e. The Labute approximate surface area is 164 Å². The van der Waals surface area contributed by atoms with Gasteiger partial charge in [-0.15, -0.1) is 11.3 Å². The van der Waals surface area contributed by atoms with Gasteiger partial charge in [-0.05, 0) is 30.3 Å². The molecule has 0 unspecified atom stereocenters. The van der Waals surface area contributed by atoms with Crippen LogP contribution in [0.2, 0.25) is 0 Å². The van der Waals surface area contributed by atoms with Crippen molar-refractivity contribution in [2.45, 2.75) is 6.61 Å². The molecule has 0 spiro atoms. The molecule has 0 amide bonds. The van der Waals surface area contributed by atoms with Gasteiger partial charge in [-0.1, -0.05) is 47.6 Å². The molecule has 0 saturated heterocycles. The van der Waals surface area contributed by atoms with E-state index in [0.29, 0.717) is 16.8 Å². The van der Waals surface area contributed by atoms with Crippen molar-refractivity contribution in [1.29, 1.82) is 0 Å². The van der Waals surface area contributed by atoms with Gasteiger partial charge in [0.1, 0.15) is 17.1 Å². The molecule has 0 fully saturated rings. The number of hydrogen-bond acceptors (Lipinski definition) is 6. The van der Waals surface area contributed by atoms with E-state index < -0.39 is 5.97 Å². The highest BCUT2D eigenvalue weighted by molar-refractivity contribution is 7.18. The van der Waals surface area contributed by atoms with Gasteiger partial charge in [0, 0.05) is 5.56 Å². The molecule has 0 aliphatic rings. The van der Waals surface area contributed by atoms with Gasteiger partial charge in [0.15, 0.2) is 5.76 Å². The van der Waals surface area contributed by atoms with Crippen molar-refractivity contribution in [2.24, 2.45) is 0 Å². The maximum atomic E-state index is 12.6. The summed E-state index contributed by atoms with van der Waals surface area (Å²) in [6.07, 6.45) is 0. The van der Waals surface area contributed by atoms with Crippen LogP contribution in [0.15, 0.2) is 77.3 Å². The predicted octanol–water partition coefficient (Wildman–Crippen LogP) is 5.46. The summed E-state index contributed by atoms with van der Waals surface area (Å²) < 4.78 is 12.0. The van der Waals surface area contributed by atoms with E-state index in [2.05, 4.69) is 10.1 Å². The highest BCUT2D eigenvalue weighted by Gasteiger charge is 2.15. The van der Waals surface area contributed by atoms with Crippen LogP contribution in [0.5, 0.6) is 0 Å². The quantitative estimate of drug-likeness (QED) is 0.384. The lowest BCUT2D eigenvalue weighted by Crippen LogP contribution is -2.04. The van der Waals surface area contributed by atoms with Crippen LogP contribution in [0.4, 0.5) is 0 Å². The SMILES string of the molecule is O=C(OCc1nc2ccccc2s1)c1ccc2noc(-c3ccccc3)c2c1. The highest BCUT2D eigenvalue weighted by Crippen LogP contribution is 2.29. The summed E-state index contributed by atoms with van der Waals surface area (Å²) in [4.78, 5) is 17.0. The topological polar surface area (TPSA) is 65.2 Å². The Kier molecular flexibility index (Phi) is 4.10. The molecule has 0 bridgehead atoms. The molecule has 5 rings (SSSR count). The van der Waals surface area contributed by atoms with E-state index in [1.165, 1.54) is 11.3 Å². The fraction of sp³-hybridized carbons (Fsp3) is 0.0455. The molecule has 2 aromatic heterocycles. The number of carbonyl (C=O) groups excluding carboxylic acids is 1. The molecule has 5 aromatic rings. The fourth-order valence-corrected chi connectivity index (χ4v) is 3.94. The Morgan fingerprint density at radius 2 is 1.79 bits per heavy atom. The molecule has 0 radical (unpaired) electrons. The lowest BCUT2D eigenvalue weighted by molar-refractivity contribution is 0.0473. The number of nitrogens with zero attached hydrogens (tertiary/aromatic N) is 2. The molecule has 28 heavy (non-hydrogen) atoms. The van der Waals surface area contributed by atoms with Crippen LogP contribution in [-0.2, 0) is 11.3 Å². The number of esters is 1. The zero-order valence-electron chi connectivity index (χ0n) is 14.7. The molecule has 0 saturated carbocycles. The Morgan fingerprint density at radius 1 is 0.964 bits per heavy atom. The summed E-state index contributed by atoms with van der Waals surface area (Å²) >= 11 is 1.52. The molecule has 0 aliphatic carbocycles. The molecule has 0 N–H and O–H groups in total. The first-order valence-corrected chi connectivity index (χ1v) is 9.56. The summed E-state index contributed by atoms with van der Waals surface area (Å²) in [5, 5.41) is 5.63. The van der Waals surface area contributed by atoms with E-state index in [-0.39, 0.29) is 6.61 Å². The highest BCUT2D eigenvalue weighted by atomic mass is 32.1. The molecular formula is C22H14N2O3S. The smallest absolute Gasteiger partial charge is 0.338 e. The molecule has 6 heteroatoms. The van der Waals surface area contributed by atoms with Gasteiger partial charge in [0.05, 0.1) is 21.2 Å². The van der Waals surface area contributed by atoms with E-state index in [4.69, 9.17) is 9.26 Å². The number of thiazole rings is 1. The first-order chi connectivity index (χ1) is 13.8. The molecule has 0 atom stereocenters. The zero-order chi connectivity index (χ0) is 18.9. The lowest BCUT2D eigenvalue weighted by Gasteiger charge is -2.03. The summed E-state index contributed by atoms with van der Waals surface area (Å²) in [7, 11) is 0. The molecule has 0 aliphatic heterocycles. The Bertz CT molecular complexity index is 1260. The summed E-state index contributed by atoms with van der Waals surface area (Å²) in [5.74, 6) is 0.234. The minimum atomic E-state index is -0.402. The fourth-order valence-electron chi connectivity index (χ4n) is 3.06. The van der Waals surface area contributed by atoms with Gasteiger partial charge in [0.2, 0.25) is 0 Å². The number of carbonyl (C=O) groups is 1. The monoisotopic (exact) mass is 386 g/mol. The van der Waals surface area contributed by atoms with Gasteiger partial charge < -0.3 is 9.26 Å². The second-order valence-corrected chi connectivity index (χ2v) is 7.38. The number of rotatable bonds is 4. The van der Waals surface area contributed by atoms with Crippen LogP contribution < -0.4 is 0 Å². The Hall–Kier alpha value is -3.51. The van der Waals surface area contributed by atoms with E-state index in [1.807, 2.05) is 54.6 Å². The molecule has 5 nitrogen and oxygen atoms in total. The first-order valence-electron chi connectivity index (χ1n) is 8.74. The minimum absolute atomic E-state index is 0.144. The van der Waals surface area contributed by atoms with E-state index >= 15 is 0 Å². The Morgan fingerprint density at radius 3 is 2.64 bits per heavy atom. The van der Waals surface area contributed by atoms with Crippen molar-refractivity contribution in [1.82, 2.24) is 10.1 Å². The molecule has 136 valence electrons. The number of hydrogen-bond donors (Lipinski definition) is 0. The predicted molar refractivity (Wildman–Crippen MR) is 108 cm³/mol. The number of aromatic nitrogens is 2. The third-order valence-corrected chi connectivity index (χ3v) is 5.42. The maximum Gasteiger partial charge on any atom is 0.338 e. The van der Waals surface area contributed by atoms with Crippen LogP contribution >= 0.6 is 11.3 Å². The molecule has 3 aromatic carbocycles. The molecule has 2 heterocycles. The van der Waals surface area contributed by atoms with Crippen LogP contribution in [0.3, 0.4) is 0 Å². The van der Waals surface area contributed by atoms with Crippen LogP contribution in [-0.4, -0.2) is 16.1 Å². The van der Waals surface area contributed by atoms with Crippen molar-refractivity contribution in [3.05, 3.63) is 83.4 Å². The standard InChI is InChI=1S/C22H14N2O3S/c25-22(26-13-20-23-18-8-4-5-9-19(18)28-20)15-10-11-17-16(12-15)21(27-24-17)14-6-2-1-3-7-14/h1-12H,13H2. The van der Waals surface area contributed by atoms with Gasteiger partial charge >= 0.3 is 5.97 Å². The maximum absolute atomic E-state index is 12.6.